The van der Waals surface area contributed by atoms with E-state index in [2.05, 4.69) is 15.3 Å². The molecule has 1 aromatic heterocycles. The quantitative estimate of drug-likeness (QED) is 0.827. The van der Waals surface area contributed by atoms with E-state index in [1.54, 1.807) is 6.20 Å². The molecule has 0 unspecified atom stereocenters. The fourth-order valence-corrected chi connectivity index (χ4v) is 1.66. The Labute approximate surface area is 99.5 Å². The molecule has 0 aliphatic heterocycles. The second-order valence-corrected chi connectivity index (χ2v) is 3.67. The van der Waals surface area contributed by atoms with E-state index in [9.17, 15) is 0 Å². The molecule has 82 valence electrons. The standard InChI is InChI=1S/C12H12ClN3/c1-9-14-7-6-12(15-9)16-11-5-3-2-4-10(11)8-13/h2-7H,8H2,1H3,(H,14,15,16). The van der Waals surface area contributed by atoms with E-state index in [0.717, 1.165) is 22.9 Å². The van der Waals surface area contributed by atoms with E-state index in [-0.39, 0.29) is 0 Å². The van der Waals surface area contributed by atoms with Gasteiger partial charge in [-0.2, -0.15) is 0 Å². The summed E-state index contributed by atoms with van der Waals surface area (Å²) < 4.78 is 0. The molecule has 3 nitrogen and oxygen atoms in total. The normalized spacial score (nSPS) is 10.1. The van der Waals surface area contributed by atoms with E-state index in [1.165, 1.54) is 0 Å². The van der Waals surface area contributed by atoms with Gasteiger partial charge in [-0.05, 0) is 24.6 Å². The molecule has 0 atom stereocenters. The summed E-state index contributed by atoms with van der Waals surface area (Å²) in [5, 5.41) is 3.23. The molecule has 1 heterocycles. The minimum absolute atomic E-state index is 0.479. The zero-order valence-corrected chi connectivity index (χ0v) is 9.70. The van der Waals surface area contributed by atoms with Gasteiger partial charge in [0.25, 0.3) is 0 Å². The third-order valence-electron chi connectivity index (χ3n) is 2.20. The number of nitrogens with zero attached hydrogens (tertiary/aromatic N) is 2. The van der Waals surface area contributed by atoms with Crippen LogP contribution in [0.25, 0.3) is 0 Å². The molecule has 1 aromatic carbocycles. The van der Waals surface area contributed by atoms with Crippen molar-refractivity contribution in [2.24, 2.45) is 0 Å². The molecule has 2 rings (SSSR count). The number of benzene rings is 1. The maximum absolute atomic E-state index is 5.86. The lowest BCUT2D eigenvalue weighted by atomic mass is 10.2. The summed E-state index contributed by atoms with van der Waals surface area (Å²) in [6.07, 6.45) is 1.73. The van der Waals surface area contributed by atoms with Crippen molar-refractivity contribution in [1.82, 2.24) is 9.97 Å². The summed E-state index contributed by atoms with van der Waals surface area (Å²) >= 11 is 5.86. The zero-order valence-electron chi connectivity index (χ0n) is 8.94. The van der Waals surface area contributed by atoms with Crippen LogP contribution in [0.2, 0.25) is 0 Å². The number of nitrogens with one attached hydrogen (secondary N) is 1. The van der Waals surface area contributed by atoms with Crippen LogP contribution in [-0.4, -0.2) is 9.97 Å². The number of aryl methyl sites for hydroxylation is 1. The van der Waals surface area contributed by atoms with Crippen LogP contribution in [0.4, 0.5) is 11.5 Å². The SMILES string of the molecule is Cc1nccc(Nc2ccccc2CCl)n1. The van der Waals surface area contributed by atoms with E-state index >= 15 is 0 Å². The Hall–Kier alpha value is -1.61. The minimum atomic E-state index is 0.479. The van der Waals surface area contributed by atoms with E-state index < -0.39 is 0 Å². The van der Waals surface area contributed by atoms with Crippen LogP contribution >= 0.6 is 11.6 Å². The monoisotopic (exact) mass is 233 g/mol. The van der Waals surface area contributed by atoms with E-state index in [1.807, 2.05) is 37.3 Å². The number of hydrogen-bond donors (Lipinski definition) is 1. The van der Waals surface area contributed by atoms with Crippen molar-refractivity contribution < 1.29 is 0 Å². The van der Waals surface area contributed by atoms with Crippen molar-refractivity contribution >= 4 is 23.1 Å². The lowest BCUT2D eigenvalue weighted by molar-refractivity contribution is 1.06. The molecule has 0 aliphatic carbocycles. The molecule has 0 aliphatic rings. The van der Waals surface area contributed by atoms with Crippen LogP contribution in [0, 0.1) is 6.92 Å². The lowest BCUT2D eigenvalue weighted by Gasteiger charge is -2.09. The largest absolute Gasteiger partial charge is 0.340 e. The van der Waals surface area contributed by atoms with Gasteiger partial charge in [0.1, 0.15) is 11.6 Å². The summed E-state index contributed by atoms with van der Waals surface area (Å²) in [5.41, 5.74) is 2.04. The van der Waals surface area contributed by atoms with Gasteiger partial charge >= 0.3 is 0 Å². The van der Waals surface area contributed by atoms with Crippen LogP contribution in [-0.2, 0) is 5.88 Å². The van der Waals surface area contributed by atoms with Crippen molar-refractivity contribution in [3.8, 4) is 0 Å². The third-order valence-corrected chi connectivity index (χ3v) is 2.49. The molecule has 16 heavy (non-hydrogen) atoms. The Kier molecular flexibility index (Phi) is 3.37. The number of hydrogen-bond acceptors (Lipinski definition) is 3. The van der Waals surface area contributed by atoms with Gasteiger partial charge in [0, 0.05) is 17.8 Å². The molecule has 0 fully saturated rings. The van der Waals surface area contributed by atoms with Crippen LogP contribution in [0.1, 0.15) is 11.4 Å². The fraction of sp³-hybridized carbons (Fsp3) is 0.167. The van der Waals surface area contributed by atoms with Gasteiger partial charge in [-0.15, -0.1) is 11.6 Å². The Morgan fingerprint density at radius 3 is 2.81 bits per heavy atom. The molecule has 0 bridgehead atoms. The first-order chi connectivity index (χ1) is 7.79. The van der Waals surface area contributed by atoms with Gasteiger partial charge in [-0.1, -0.05) is 18.2 Å². The number of halogens is 1. The molecule has 1 N–H and O–H groups in total. The van der Waals surface area contributed by atoms with Crippen molar-refractivity contribution in [3.05, 3.63) is 47.9 Å². The summed E-state index contributed by atoms with van der Waals surface area (Å²) in [4.78, 5) is 8.33. The summed E-state index contributed by atoms with van der Waals surface area (Å²) in [7, 11) is 0. The van der Waals surface area contributed by atoms with Crippen molar-refractivity contribution in [2.45, 2.75) is 12.8 Å². The third kappa shape index (κ3) is 2.49. The molecule has 0 saturated carbocycles. The number of aromatic nitrogens is 2. The highest BCUT2D eigenvalue weighted by atomic mass is 35.5. The predicted molar refractivity (Wildman–Crippen MR) is 66.1 cm³/mol. The number of alkyl halides is 1. The topological polar surface area (TPSA) is 37.8 Å². The van der Waals surface area contributed by atoms with E-state index in [4.69, 9.17) is 11.6 Å². The number of para-hydroxylation sites is 1. The van der Waals surface area contributed by atoms with Crippen LogP contribution in [0.3, 0.4) is 0 Å². The molecule has 0 amide bonds. The average molecular weight is 234 g/mol. The predicted octanol–water partition coefficient (Wildman–Crippen LogP) is 3.27. The molecular weight excluding hydrogens is 222 g/mol. The first-order valence-corrected chi connectivity index (χ1v) is 5.53. The van der Waals surface area contributed by atoms with Gasteiger partial charge in [0.15, 0.2) is 0 Å². The van der Waals surface area contributed by atoms with Crippen molar-refractivity contribution in [2.75, 3.05) is 5.32 Å². The smallest absolute Gasteiger partial charge is 0.134 e. The number of rotatable bonds is 3. The Morgan fingerprint density at radius 2 is 2.06 bits per heavy atom. The maximum atomic E-state index is 5.86. The summed E-state index contributed by atoms with van der Waals surface area (Å²) in [6.45, 7) is 1.86. The lowest BCUT2D eigenvalue weighted by Crippen LogP contribution is -1.98. The molecule has 0 spiro atoms. The van der Waals surface area contributed by atoms with Crippen LogP contribution < -0.4 is 5.32 Å². The second-order valence-electron chi connectivity index (χ2n) is 3.40. The van der Waals surface area contributed by atoms with Gasteiger partial charge in [-0.3, -0.25) is 0 Å². The number of anilines is 2. The van der Waals surface area contributed by atoms with Gasteiger partial charge < -0.3 is 5.32 Å². The van der Waals surface area contributed by atoms with Crippen LogP contribution in [0.15, 0.2) is 36.5 Å². The average Bonchev–Trinajstić information content (AvgIpc) is 2.30. The van der Waals surface area contributed by atoms with E-state index in [0.29, 0.717) is 5.88 Å². The van der Waals surface area contributed by atoms with Gasteiger partial charge in [0.2, 0.25) is 0 Å². The first kappa shape index (κ1) is 10.9. The van der Waals surface area contributed by atoms with Crippen LogP contribution in [0.5, 0.6) is 0 Å². The Balaban J connectivity index is 2.26. The highest BCUT2D eigenvalue weighted by Gasteiger charge is 2.01. The summed E-state index contributed by atoms with van der Waals surface area (Å²) in [5.74, 6) is 2.01. The molecular formula is C12H12ClN3. The van der Waals surface area contributed by atoms with Crippen molar-refractivity contribution in [3.63, 3.8) is 0 Å². The maximum Gasteiger partial charge on any atom is 0.134 e. The highest BCUT2D eigenvalue weighted by Crippen LogP contribution is 2.20. The van der Waals surface area contributed by atoms with Gasteiger partial charge in [-0.25, -0.2) is 9.97 Å². The first-order valence-electron chi connectivity index (χ1n) is 5.00. The Morgan fingerprint density at radius 1 is 1.25 bits per heavy atom. The molecule has 0 saturated heterocycles. The molecule has 2 aromatic rings. The Bertz CT molecular complexity index is 485. The van der Waals surface area contributed by atoms with Crippen molar-refractivity contribution in [1.29, 1.82) is 0 Å². The molecule has 0 radical (unpaired) electrons. The zero-order chi connectivity index (χ0) is 11.4. The minimum Gasteiger partial charge on any atom is -0.340 e. The molecule has 4 heteroatoms. The highest BCUT2D eigenvalue weighted by molar-refractivity contribution is 6.17. The second kappa shape index (κ2) is 4.94. The summed E-state index contributed by atoms with van der Waals surface area (Å²) in [6, 6.07) is 9.73. The fourth-order valence-electron chi connectivity index (χ4n) is 1.42. The van der Waals surface area contributed by atoms with Gasteiger partial charge in [0.05, 0.1) is 0 Å².